The molecule has 0 saturated carbocycles. The molecule has 20 heavy (non-hydrogen) atoms. The minimum atomic E-state index is -0.372. The van der Waals surface area contributed by atoms with Gasteiger partial charge < -0.3 is 0 Å². The fourth-order valence-electron chi connectivity index (χ4n) is 2.10. The molecule has 1 aromatic heterocycles. The molecule has 108 valence electrons. The first kappa shape index (κ1) is 15.6. The van der Waals surface area contributed by atoms with E-state index in [1.165, 1.54) is 0 Å². The lowest BCUT2D eigenvalue weighted by Crippen LogP contribution is -2.31. The van der Waals surface area contributed by atoms with Crippen LogP contribution in [0.2, 0.25) is 15.1 Å². The van der Waals surface area contributed by atoms with Crippen molar-refractivity contribution in [3.8, 4) is 0 Å². The third-order valence-corrected chi connectivity index (χ3v) is 3.85. The Morgan fingerprint density at radius 1 is 1.30 bits per heavy atom. The van der Waals surface area contributed by atoms with E-state index in [-0.39, 0.29) is 6.04 Å². The summed E-state index contributed by atoms with van der Waals surface area (Å²) >= 11 is 18.5. The third-order valence-electron chi connectivity index (χ3n) is 2.98. The molecule has 2 rings (SSSR count). The van der Waals surface area contributed by atoms with Crippen LogP contribution in [0.4, 0.5) is 0 Å². The van der Waals surface area contributed by atoms with Crippen molar-refractivity contribution in [2.24, 2.45) is 5.84 Å². The molecule has 1 heterocycles. The zero-order valence-corrected chi connectivity index (χ0v) is 13.2. The number of hydrogen-bond donors (Lipinski definition) is 2. The Kier molecular flexibility index (Phi) is 5.29. The van der Waals surface area contributed by atoms with Gasteiger partial charge in [-0.15, -0.1) is 0 Å². The summed E-state index contributed by atoms with van der Waals surface area (Å²) in [5.41, 5.74) is 4.28. The Bertz CT molecular complexity index is 597. The fraction of sp³-hybridized carbons (Fsp3) is 0.308. The summed E-state index contributed by atoms with van der Waals surface area (Å²) in [6.07, 6.45) is 2.54. The van der Waals surface area contributed by atoms with Gasteiger partial charge >= 0.3 is 0 Å². The summed E-state index contributed by atoms with van der Waals surface area (Å²) in [6, 6.07) is 4.86. The van der Waals surface area contributed by atoms with E-state index in [1.54, 1.807) is 24.4 Å². The van der Waals surface area contributed by atoms with Crippen LogP contribution >= 0.6 is 34.8 Å². The normalized spacial score (nSPS) is 12.7. The smallest absolute Gasteiger partial charge is 0.0908 e. The van der Waals surface area contributed by atoms with E-state index in [4.69, 9.17) is 40.6 Å². The maximum Gasteiger partial charge on any atom is 0.0908 e. The number of aryl methyl sites for hydroxylation is 1. The Hall–Kier alpha value is -0.780. The minimum Gasteiger partial charge on any atom is -0.271 e. The lowest BCUT2D eigenvalue weighted by Gasteiger charge is -2.20. The van der Waals surface area contributed by atoms with Crippen molar-refractivity contribution < 1.29 is 0 Å². The second-order valence-electron chi connectivity index (χ2n) is 4.37. The van der Waals surface area contributed by atoms with Crippen molar-refractivity contribution in [1.82, 2.24) is 15.2 Å². The molecule has 0 aliphatic rings. The highest BCUT2D eigenvalue weighted by atomic mass is 35.5. The highest BCUT2D eigenvalue weighted by molar-refractivity contribution is 6.34. The first-order valence-electron chi connectivity index (χ1n) is 6.20. The Morgan fingerprint density at radius 3 is 2.70 bits per heavy atom. The maximum atomic E-state index is 6.24. The molecule has 1 atom stereocenters. The minimum absolute atomic E-state index is 0.372. The predicted octanol–water partition coefficient (Wildman–Crippen LogP) is 3.81. The summed E-state index contributed by atoms with van der Waals surface area (Å²) in [6.45, 7) is 2.81. The topological polar surface area (TPSA) is 55.9 Å². The van der Waals surface area contributed by atoms with Gasteiger partial charge in [0.25, 0.3) is 0 Å². The number of halogens is 3. The van der Waals surface area contributed by atoms with E-state index >= 15 is 0 Å². The number of hydrazine groups is 1. The molecule has 1 aromatic carbocycles. The monoisotopic (exact) mass is 332 g/mol. The second kappa shape index (κ2) is 6.78. The molecule has 0 saturated heterocycles. The number of aromatic nitrogens is 2. The predicted molar refractivity (Wildman–Crippen MR) is 83.2 cm³/mol. The number of hydrogen-bond acceptors (Lipinski definition) is 3. The molecule has 2 aromatic rings. The van der Waals surface area contributed by atoms with Crippen LogP contribution in [0.5, 0.6) is 0 Å². The van der Waals surface area contributed by atoms with Crippen LogP contribution < -0.4 is 11.3 Å². The van der Waals surface area contributed by atoms with Gasteiger partial charge in [-0.25, -0.2) is 5.43 Å². The van der Waals surface area contributed by atoms with E-state index < -0.39 is 0 Å². The Balaban J connectivity index is 2.52. The van der Waals surface area contributed by atoms with Crippen molar-refractivity contribution in [1.29, 1.82) is 0 Å². The average Bonchev–Trinajstić information content (AvgIpc) is 2.77. The molecular formula is C13H15Cl3N4. The van der Waals surface area contributed by atoms with Gasteiger partial charge in [-0.2, -0.15) is 5.10 Å². The number of nitrogens with zero attached hydrogens (tertiary/aromatic N) is 2. The molecule has 0 radical (unpaired) electrons. The largest absolute Gasteiger partial charge is 0.271 e. The summed E-state index contributed by atoms with van der Waals surface area (Å²) in [5.74, 6) is 5.70. The molecule has 7 heteroatoms. The zero-order chi connectivity index (χ0) is 14.7. The van der Waals surface area contributed by atoms with Gasteiger partial charge in [0.15, 0.2) is 0 Å². The fourth-order valence-corrected chi connectivity index (χ4v) is 2.76. The number of benzene rings is 1. The van der Waals surface area contributed by atoms with Crippen molar-refractivity contribution >= 4 is 34.8 Å². The van der Waals surface area contributed by atoms with E-state index in [9.17, 15) is 0 Å². The van der Waals surface area contributed by atoms with Crippen LogP contribution in [-0.2, 0) is 6.54 Å². The Labute approximate surface area is 132 Å². The van der Waals surface area contributed by atoms with E-state index in [0.29, 0.717) is 15.1 Å². The average molecular weight is 334 g/mol. The molecule has 0 aliphatic heterocycles. The summed E-state index contributed by atoms with van der Waals surface area (Å²) < 4.78 is 1.82. The van der Waals surface area contributed by atoms with Crippen LogP contribution in [0, 0.1) is 0 Å². The molecule has 1 unspecified atom stereocenters. The highest BCUT2D eigenvalue weighted by Gasteiger charge is 2.23. The van der Waals surface area contributed by atoms with Crippen LogP contribution in [-0.4, -0.2) is 9.78 Å². The van der Waals surface area contributed by atoms with E-state index in [0.717, 1.165) is 24.2 Å². The first-order valence-corrected chi connectivity index (χ1v) is 7.34. The molecule has 4 nitrogen and oxygen atoms in total. The standard InChI is InChI=1S/C13H15Cl3N4/c1-2-5-20-13(11(16)7-18-20)12(19-17)9-6-8(14)3-4-10(9)15/h3-4,6-7,12,19H,2,5,17H2,1H3. The lowest BCUT2D eigenvalue weighted by molar-refractivity contribution is 0.521. The van der Waals surface area contributed by atoms with Crippen LogP contribution in [0.15, 0.2) is 24.4 Å². The highest BCUT2D eigenvalue weighted by Crippen LogP contribution is 2.33. The number of rotatable bonds is 5. The molecule has 0 aliphatic carbocycles. The third kappa shape index (κ3) is 3.10. The molecule has 0 amide bonds. The molecule has 0 bridgehead atoms. The molecule has 0 fully saturated rings. The SMILES string of the molecule is CCCn1ncc(Cl)c1C(NN)c1cc(Cl)ccc1Cl. The van der Waals surface area contributed by atoms with Gasteiger partial charge in [-0.3, -0.25) is 10.5 Å². The van der Waals surface area contributed by atoms with Crippen molar-refractivity contribution in [3.63, 3.8) is 0 Å². The van der Waals surface area contributed by atoms with Crippen LogP contribution in [0.25, 0.3) is 0 Å². The number of nitrogens with one attached hydrogen (secondary N) is 1. The van der Waals surface area contributed by atoms with E-state index in [2.05, 4.69) is 17.4 Å². The lowest BCUT2D eigenvalue weighted by atomic mass is 10.0. The summed E-state index contributed by atoms with van der Waals surface area (Å²) in [7, 11) is 0. The van der Waals surface area contributed by atoms with Gasteiger partial charge in [0.1, 0.15) is 0 Å². The molecular weight excluding hydrogens is 319 g/mol. The zero-order valence-electron chi connectivity index (χ0n) is 10.9. The quantitative estimate of drug-likeness (QED) is 0.646. The van der Waals surface area contributed by atoms with Gasteiger partial charge in [-0.1, -0.05) is 41.7 Å². The van der Waals surface area contributed by atoms with Gasteiger partial charge in [0.2, 0.25) is 0 Å². The number of nitrogens with two attached hydrogens (primary N) is 1. The maximum absolute atomic E-state index is 6.24. The second-order valence-corrected chi connectivity index (χ2v) is 5.62. The molecule has 0 spiro atoms. The van der Waals surface area contributed by atoms with Crippen molar-refractivity contribution in [3.05, 3.63) is 50.7 Å². The van der Waals surface area contributed by atoms with Crippen LogP contribution in [0.3, 0.4) is 0 Å². The van der Waals surface area contributed by atoms with Gasteiger partial charge in [0.05, 0.1) is 23.0 Å². The Morgan fingerprint density at radius 2 is 2.05 bits per heavy atom. The summed E-state index contributed by atoms with van der Waals surface area (Å²) in [4.78, 5) is 0. The van der Waals surface area contributed by atoms with Gasteiger partial charge in [-0.05, 0) is 30.2 Å². The molecule has 3 N–H and O–H groups in total. The summed E-state index contributed by atoms with van der Waals surface area (Å²) in [5, 5.41) is 5.96. The van der Waals surface area contributed by atoms with Crippen molar-refractivity contribution in [2.45, 2.75) is 25.9 Å². The van der Waals surface area contributed by atoms with Crippen molar-refractivity contribution in [2.75, 3.05) is 0 Å². The van der Waals surface area contributed by atoms with Gasteiger partial charge in [0, 0.05) is 16.6 Å². The first-order chi connectivity index (χ1) is 9.58. The van der Waals surface area contributed by atoms with Crippen LogP contribution in [0.1, 0.15) is 30.6 Å². The van der Waals surface area contributed by atoms with E-state index in [1.807, 2.05) is 4.68 Å².